The predicted octanol–water partition coefficient (Wildman–Crippen LogP) is 3.30. The van der Waals surface area contributed by atoms with Gasteiger partial charge >= 0.3 is 6.03 Å². The van der Waals surface area contributed by atoms with Gasteiger partial charge in [0.05, 0.1) is 0 Å². The van der Waals surface area contributed by atoms with Crippen LogP contribution in [0, 0.1) is 5.82 Å². The van der Waals surface area contributed by atoms with Crippen LogP contribution < -0.4 is 20.9 Å². The van der Waals surface area contributed by atoms with Crippen LogP contribution in [0.4, 0.5) is 9.18 Å². The van der Waals surface area contributed by atoms with Crippen molar-refractivity contribution in [2.45, 2.75) is 37.9 Å². The lowest BCUT2D eigenvalue weighted by atomic mass is 9.99. The summed E-state index contributed by atoms with van der Waals surface area (Å²) in [5.74, 6) is 0.619. The molecule has 0 aromatic heterocycles. The van der Waals surface area contributed by atoms with Crippen molar-refractivity contribution < 1.29 is 13.9 Å². The van der Waals surface area contributed by atoms with Gasteiger partial charge in [0.25, 0.3) is 0 Å². The predicted molar refractivity (Wildman–Crippen MR) is 128 cm³/mol. The Morgan fingerprint density at radius 3 is 2.64 bits per heavy atom. The minimum Gasteiger partial charge on any atom is -0.492 e. The van der Waals surface area contributed by atoms with Crippen molar-refractivity contribution in [3.63, 3.8) is 0 Å². The standard InChI is InChI=1S/C25H36FN5O2/c1-30(2)14-15-33-23-11-9-19(10-12-23)18-27-25(32)31(3)13-5-8-22-17-24(29-28-22)20-6-4-7-21(26)16-20/h4,6-7,9-12,16,22,24,28-29H,5,8,13-15,17-18H2,1-3H3,(H,27,32). The molecule has 2 amide bonds. The first-order valence-electron chi connectivity index (χ1n) is 11.5. The molecule has 0 bridgehead atoms. The van der Waals surface area contributed by atoms with Gasteiger partial charge in [-0.05, 0) is 68.8 Å². The van der Waals surface area contributed by atoms with Crippen molar-refractivity contribution in [1.29, 1.82) is 0 Å². The molecule has 0 saturated carbocycles. The third-order valence-electron chi connectivity index (χ3n) is 5.80. The van der Waals surface area contributed by atoms with Gasteiger partial charge < -0.3 is 19.9 Å². The normalized spacial score (nSPS) is 17.8. The topological polar surface area (TPSA) is 68.9 Å². The number of carbonyl (C=O) groups is 1. The van der Waals surface area contributed by atoms with Crippen LogP contribution in [0.15, 0.2) is 48.5 Å². The first-order valence-corrected chi connectivity index (χ1v) is 11.5. The molecule has 2 unspecified atom stereocenters. The Kier molecular flexibility index (Phi) is 9.47. The molecule has 180 valence electrons. The van der Waals surface area contributed by atoms with Crippen molar-refractivity contribution >= 4 is 6.03 Å². The second-order valence-corrected chi connectivity index (χ2v) is 8.85. The molecule has 1 heterocycles. The highest BCUT2D eigenvalue weighted by molar-refractivity contribution is 5.73. The van der Waals surface area contributed by atoms with E-state index < -0.39 is 0 Å². The van der Waals surface area contributed by atoms with Gasteiger partial charge in [-0.2, -0.15) is 0 Å². The number of hydrogen-bond acceptors (Lipinski definition) is 5. The summed E-state index contributed by atoms with van der Waals surface area (Å²) in [5.41, 5.74) is 8.52. The molecular weight excluding hydrogens is 421 g/mol. The minimum absolute atomic E-state index is 0.0866. The summed E-state index contributed by atoms with van der Waals surface area (Å²) in [5, 5.41) is 2.96. The maximum atomic E-state index is 13.4. The van der Waals surface area contributed by atoms with E-state index >= 15 is 0 Å². The zero-order chi connectivity index (χ0) is 23.6. The number of benzene rings is 2. The molecule has 33 heavy (non-hydrogen) atoms. The van der Waals surface area contributed by atoms with E-state index in [-0.39, 0.29) is 17.9 Å². The number of nitrogens with one attached hydrogen (secondary N) is 3. The van der Waals surface area contributed by atoms with Crippen molar-refractivity contribution in [2.75, 3.05) is 40.8 Å². The number of halogens is 1. The van der Waals surface area contributed by atoms with Crippen molar-refractivity contribution in [3.05, 3.63) is 65.5 Å². The van der Waals surface area contributed by atoms with E-state index in [1.165, 1.54) is 6.07 Å². The van der Waals surface area contributed by atoms with Gasteiger partial charge in [-0.3, -0.25) is 10.9 Å². The second-order valence-electron chi connectivity index (χ2n) is 8.85. The van der Waals surface area contributed by atoms with Crippen LogP contribution in [0.2, 0.25) is 0 Å². The molecule has 1 fully saturated rings. The fraction of sp³-hybridized carbons (Fsp3) is 0.480. The summed E-state index contributed by atoms with van der Waals surface area (Å²) in [4.78, 5) is 16.2. The number of nitrogens with zero attached hydrogens (tertiary/aromatic N) is 2. The number of rotatable bonds is 11. The smallest absolute Gasteiger partial charge is 0.317 e. The van der Waals surface area contributed by atoms with Crippen molar-refractivity contribution in [2.24, 2.45) is 0 Å². The monoisotopic (exact) mass is 457 g/mol. The lowest BCUT2D eigenvalue weighted by molar-refractivity contribution is 0.207. The van der Waals surface area contributed by atoms with Gasteiger partial charge in [0.1, 0.15) is 18.2 Å². The van der Waals surface area contributed by atoms with Gasteiger partial charge in [-0.1, -0.05) is 24.3 Å². The quantitative estimate of drug-likeness (QED) is 0.483. The average molecular weight is 458 g/mol. The Labute approximate surface area is 196 Å². The molecule has 0 aliphatic carbocycles. The molecule has 2 aromatic carbocycles. The zero-order valence-electron chi connectivity index (χ0n) is 19.8. The highest BCUT2D eigenvalue weighted by atomic mass is 19.1. The average Bonchev–Trinajstić information content (AvgIpc) is 3.27. The highest BCUT2D eigenvalue weighted by Gasteiger charge is 2.25. The second kappa shape index (κ2) is 12.5. The third kappa shape index (κ3) is 8.31. The number of carbonyl (C=O) groups excluding carboxylic acids is 1. The Morgan fingerprint density at radius 2 is 1.91 bits per heavy atom. The van der Waals surface area contributed by atoms with Crippen molar-refractivity contribution in [1.82, 2.24) is 26.0 Å². The van der Waals surface area contributed by atoms with Crippen LogP contribution in [0.1, 0.15) is 36.4 Å². The van der Waals surface area contributed by atoms with E-state index in [2.05, 4.69) is 21.1 Å². The largest absolute Gasteiger partial charge is 0.492 e. The number of hydrazine groups is 1. The summed E-state index contributed by atoms with van der Waals surface area (Å²) < 4.78 is 19.1. The van der Waals surface area contributed by atoms with E-state index in [0.717, 1.165) is 42.7 Å². The lowest BCUT2D eigenvalue weighted by Gasteiger charge is -2.19. The van der Waals surface area contributed by atoms with Crippen LogP contribution in [0.5, 0.6) is 5.75 Å². The fourth-order valence-corrected chi connectivity index (χ4v) is 3.79. The first-order chi connectivity index (χ1) is 15.9. The summed E-state index contributed by atoms with van der Waals surface area (Å²) in [6.45, 7) is 2.66. The van der Waals surface area contributed by atoms with Gasteiger partial charge in [0, 0.05) is 38.8 Å². The Morgan fingerprint density at radius 1 is 1.12 bits per heavy atom. The first kappa shape index (κ1) is 25.0. The van der Waals surface area contributed by atoms with E-state index in [0.29, 0.717) is 25.7 Å². The van der Waals surface area contributed by atoms with E-state index in [1.807, 2.05) is 51.5 Å². The van der Waals surface area contributed by atoms with Crippen LogP contribution in [-0.4, -0.2) is 62.7 Å². The van der Waals surface area contributed by atoms with Gasteiger partial charge in [0.15, 0.2) is 0 Å². The summed E-state index contributed by atoms with van der Waals surface area (Å²) >= 11 is 0. The minimum atomic E-state index is -0.213. The van der Waals surface area contributed by atoms with Crippen LogP contribution in [-0.2, 0) is 6.54 Å². The molecule has 3 rings (SSSR count). The SMILES string of the molecule is CN(C)CCOc1ccc(CNC(=O)N(C)CCCC2CC(c3cccc(F)c3)NN2)cc1. The van der Waals surface area contributed by atoms with E-state index in [1.54, 1.807) is 17.0 Å². The number of urea groups is 1. The molecule has 1 aliphatic heterocycles. The Balaban J connectivity index is 1.31. The van der Waals surface area contributed by atoms with Crippen molar-refractivity contribution in [3.8, 4) is 5.75 Å². The maximum absolute atomic E-state index is 13.4. The zero-order valence-corrected chi connectivity index (χ0v) is 19.8. The maximum Gasteiger partial charge on any atom is 0.317 e. The highest BCUT2D eigenvalue weighted by Crippen LogP contribution is 2.24. The molecule has 1 saturated heterocycles. The van der Waals surface area contributed by atoms with E-state index in [4.69, 9.17) is 4.74 Å². The molecule has 8 heteroatoms. The lowest BCUT2D eigenvalue weighted by Crippen LogP contribution is -2.38. The molecule has 2 atom stereocenters. The molecule has 3 N–H and O–H groups in total. The Hall–Kier alpha value is -2.68. The Bertz CT molecular complexity index is 877. The number of amides is 2. The van der Waals surface area contributed by atoms with E-state index in [9.17, 15) is 9.18 Å². The number of ether oxygens (including phenoxy) is 1. The summed E-state index contributed by atoms with van der Waals surface area (Å²) in [6.07, 6.45) is 2.72. The van der Waals surface area contributed by atoms with Crippen LogP contribution in [0.3, 0.4) is 0 Å². The van der Waals surface area contributed by atoms with Crippen LogP contribution >= 0.6 is 0 Å². The fourth-order valence-electron chi connectivity index (χ4n) is 3.79. The third-order valence-corrected chi connectivity index (χ3v) is 5.80. The van der Waals surface area contributed by atoms with Crippen LogP contribution in [0.25, 0.3) is 0 Å². The molecule has 0 spiro atoms. The number of likely N-dealkylation sites (N-methyl/N-ethyl adjacent to an activating group) is 1. The molecule has 0 radical (unpaired) electrons. The number of hydrogen-bond donors (Lipinski definition) is 3. The molecular formula is C25H36FN5O2. The molecule has 2 aromatic rings. The van der Waals surface area contributed by atoms with Gasteiger partial charge in [-0.25, -0.2) is 9.18 Å². The summed E-state index contributed by atoms with van der Waals surface area (Å²) in [7, 11) is 5.84. The summed E-state index contributed by atoms with van der Waals surface area (Å²) in [6, 6.07) is 14.8. The molecule has 7 nitrogen and oxygen atoms in total. The van der Waals surface area contributed by atoms with Gasteiger partial charge in [0.2, 0.25) is 0 Å². The van der Waals surface area contributed by atoms with Gasteiger partial charge in [-0.15, -0.1) is 0 Å². The molecule has 1 aliphatic rings.